The Balaban J connectivity index is 4.55. The van der Waals surface area contributed by atoms with Crippen molar-refractivity contribution >= 4 is 17.9 Å². The Labute approximate surface area is 400 Å². The maximum atomic E-state index is 12.8. The monoisotopic (exact) mass is 901 g/mol. The zero-order valence-corrected chi connectivity index (χ0v) is 42.0. The summed E-state index contributed by atoms with van der Waals surface area (Å²) < 4.78 is 16.7. The van der Waals surface area contributed by atoms with Crippen LogP contribution >= 0.6 is 0 Å². The van der Waals surface area contributed by atoms with Gasteiger partial charge in [-0.2, -0.15) is 0 Å². The lowest BCUT2D eigenvalue weighted by atomic mass is 10.1. The lowest BCUT2D eigenvalue weighted by Gasteiger charge is -2.18. The quantitative estimate of drug-likeness (QED) is 0.0262. The molecule has 0 rings (SSSR count). The Bertz CT molecular complexity index is 1360. The molecule has 0 N–H and O–H groups in total. The Morgan fingerprint density at radius 2 is 0.615 bits per heavy atom. The van der Waals surface area contributed by atoms with Gasteiger partial charge in [0.25, 0.3) is 0 Å². The van der Waals surface area contributed by atoms with Gasteiger partial charge in [0.05, 0.1) is 0 Å². The van der Waals surface area contributed by atoms with E-state index in [1.807, 2.05) is 0 Å². The molecule has 0 bridgehead atoms. The van der Waals surface area contributed by atoms with Crippen molar-refractivity contribution in [3.8, 4) is 0 Å². The molecule has 1 atom stereocenters. The Hall–Kier alpha value is -3.93. The number of hydrogen-bond donors (Lipinski definition) is 0. The molecule has 0 aromatic rings. The lowest BCUT2D eigenvalue weighted by Crippen LogP contribution is -2.30. The second-order valence-electron chi connectivity index (χ2n) is 17.0. The van der Waals surface area contributed by atoms with E-state index in [1.54, 1.807) is 0 Å². The third kappa shape index (κ3) is 50.9. The second kappa shape index (κ2) is 52.7. The highest BCUT2D eigenvalue weighted by Gasteiger charge is 2.19. The van der Waals surface area contributed by atoms with Gasteiger partial charge in [0.1, 0.15) is 13.2 Å². The number of esters is 3. The van der Waals surface area contributed by atoms with E-state index in [1.165, 1.54) is 64.2 Å². The first-order valence-electron chi connectivity index (χ1n) is 26.4. The highest BCUT2D eigenvalue weighted by atomic mass is 16.6. The molecule has 0 aromatic heterocycles. The van der Waals surface area contributed by atoms with Crippen LogP contribution in [0.4, 0.5) is 0 Å². The van der Waals surface area contributed by atoms with Gasteiger partial charge in [0.2, 0.25) is 0 Å². The van der Waals surface area contributed by atoms with Gasteiger partial charge < -0.3 is 14.2 Å². The van der Waals surface area contributed by atoms with Crippen molar-refractivity contribution in [2.75, 3.05) is 13.2 Å². The minimum absolute atomic E-state index is 0.114. The van der Waals surface area contributed by atoms with Gasteiger partial charge in [-0.1, -0.05) is 194 Å². The van der Waals surface area contributed by atoms with Crippen molar-refractivity contribution in [1.29, 1.82) is 0 Å². The minimum Gasteiger partial charge on any atom is -0.462 e. The molecule has 6 nitrogen and oxygen atoms in total. The summed E-state index contributed by atoms with van der Waals surface area (Å²) in [7, 11) is 0. The molecule has 0 aliphatic heterocycles. The molecule has 0 aromatic carbocycles. The molecule has 368 valence electrons. The first-order valence-corrected chi connectivity index (χ1v) is 26.4. The zero-order valence-electron chi connectivity index (χ0n) is 42.0. The van der Waals surface area contributed by atoms with Gasteiger partial charge in [0.15, 0.2) is 6.10 Å². The average molecular weight is 901 g/mol. The summed E-state index contributed by atoms with van der Waals surface area (Å²) >= 11 is 0. The van der Waals surface area contributed by atoms with Crippen molar-refractivity contribution in [2.24, 2.45) is 0 Å². The van der Waals surface area contributed by atoms with Gasteiger partial charge >= 0.3 is 17.9 Å². The maximum Gasteiger partial charge on any atom is 0.306 e. The molecule has 0 aliphatic carbocycles. The summed E-state index contributed by atoms with van der Waals surface area (Å²) in [5.41, 5.74) is 0. The first-order chi connectivity index (χ1) is 32.0. The lowest BCUT2D eigenvalue weighted by molar-refractivity contribution is -0.167. The molecule has 0 aliphatic rings. The maximum absolute atomic E-state index is 12.8. The van der Waals surface area contributed by atoms with Gasteiger partial charge in [-0.15, -0.1) is 0 Å². The topological polar surface area (TPSA) is 78.9 Å². The molecule has 0 amide bonds. The molecule has 0 saturated heterocycles. The van der Waals surface area contributed by atoms with Crippen LogP contribution in [0.1, 0.15) is 226 Å². The zero-order chi connectivity index (χ0) is 47.2. The van der Waals surface area contributed by atoms with E-state index in [9.17, 15) is 14.4 Å². The van der Waals surface area contributed by atoms with Crippen LogP contribution in [0.25, 0.3) is 0 Å². The number of ether oxygens (including phenoxy) is 3. The first kappa shape index (κ1) is 61.1. The molecule has 0 spiro atoms. The largest absolute Gasteiger partial charge is 0.462 e. The van der Waals surface area contributed by atoms with E-state index in [0.717, 1.165) is 116 Å². The molecular formula is C59H96O6. The molecule has 6 heteroatoms. The Kier molecular flexibility index (Phi) is 49.5. The molecule has 0 heterocycles. The number of unbranched alkanes of at least 4 members (excludes halogenated alkanes) is 17. The number of carbonyl (C=O) groups is 3. The highest BCUT2D eigenvalue weighted by molar-refractivity contribution is 5.71. The van der Waals surface area contributed by atoms with E-state index in [-0.39, 0.29) is 37.5 Å². The summed E-state index contributed by atoms with van der Waals surface area (Å²) in [6.07, 6.45) is 70.7. The Morgan fingerprint density at radius 3 is 1.03 bits per heavy atom. The van der Waals surface area contributed by atoms with Crippen molar-refractivity contribution in [3.05, 3.63) is 109 Å². The van der Waals surface area contributed by atoms with Crippen LogP contribution in [0.5, 0.6) is 0 Å². The predicted molar refractivity (Wildman–Crippen MR) is 279 cm³/mol. The van der Waals surface area contributed by atoms with Crippen LogP contribution in [0.2, 0.25) is 0 Å². The van der Waals surface area contributed by atoms with E-state index < -0.39 is 6.10 Å². The van der Waals surface area contributed by atoms with Crippen LogP contribution in [-0.4, -0.2) is 37.2 Å². The summed E-state index contributed by atoms with van der Waals surface area (Å²) in [4.78, 5) is 38.0. The number of carbonyl (C=O) groups excluding carboxylic acids is 3. The predicted octanol–water partition coefficient (Wildman–Crippen LogP) is 17.5. The molecule has 0 saturated carbocycles. The van der Waals surface area contributed by atoms with Crippen molar-refractivity contribution in [2.45, 2.75) is 232 Å². The van der Waals surface area contributed by atoms with Crippen molar-refractivity contribution in [3.63, 3.8) is 0 Å². The van der Waals surface area contributed by atoms with Gasteiger partial charge in [-0.05, 0) is 122 Å². The van der Waals surface area contributed by atoms with Gasteiger partial charge in [-0.25, -0.2) is 0 Å². The standard InChI is InChI=1S/C59H96O6/c1-4-7-10-13-16-19-22-25-27-29-31-34-37-40-43-46-49-52-58(61)64-55-56(54-63-57(60)51-48-45-42-39-36-33-24-21-18-15-12-9-6-3)65-59(62)53-50-47-44-41-38-35-32-30-28-26-23-20-17-14-11-8-5-2/h7,10,16-17,19-21,24-28,31-32,34-35,41,44,56H,4-6,8-9,11-15,18,22-23,29-30,33,36-40,42-43,45-55H2,1-3H3/b10-7-,19-16-,20-17-,24-21-,27-25-,28-26-,34-31-,35-32-,44-41-/t56-/m0/s1. The fourth-order valence-corrected chi connectivity index (χ4v) is 6.77. The fraction of sp³-hybridized carbons (Fsp3) is 0.644. The van der Waals surface area contributed by atoms with Gasteiger partial charge in [0, 0.05) is 19.3 Å². The van der Waals surface area contributed by atoms with Crippen LogP contribution in [0.15, 0.2) is 109 Å². The third-order valence-corrected chi connectivity index (χ3v) is 10.7. The SMILES string of the molecule is CC/C=C\C/C=C\C/C=C\C/C=C\CCCCCCC(=O)OC[C@H](COC(=O)CCCCCCC/C=C\CCCCCC)OC(=O)CCC/C=C\C/C=C\C/C=C\C/C=C\CCCCC. The third-order valence-electron chi connectivity index (χ3n) is 10.7. The minimum atomic E-state index is -0.822. The second-order valence-corrected chi connectivity index (χ2v) is 17.0. The van der Waals surface area contributed by atoms with E-state index in [0.29, 0.717) is 19.3 Å². The van der Waals surface area contributed by atoms with Crippen molar-refractivity contribution < 1.29 is 28.6 Å². The van der Waals surface area contributed by atoms with Crippen LogP contribution in [0, 0.1) is 0 Å². The summed E-state index contributed by atoms with van der Waals surface area (Å²) in [6.45, 7) is 6.39. The van der Waals surface area contributed by atoms with Gasteiger partial charge in [-0.3, -0.25) is 14.4 Å². The highest BCUT2D eigenvalue weighted by Crippen LogP contribution is 2.12. The number of allylic oxidation sites excluding steroid dienone is 18. The Morgan fingerprint density at radius 1 is 0.323 bits per heavy atom. The summed E-state index contributed by atoms with van der Waals surface area (Å²) in [6, 6.07) is 0. The smallest absolute Gasteiger partial charge is 0.306 e. The fourth-order valence-electron chi connectivity index (χ4n) is 6.77. The number of rotatable bonds is 46. The molecular weight excluding hydrogens is 805 g/mol. The van der Waals surface area contributed by atoms with Crippen molar-refractivity contribution in [1.82, 2.24) is 0 Å². The summed E-state index contributed by atoms with van der Waals surface area (Å²) in [5.74, 6) is -1.01. The van der Waals surface area contributed by atoms with E-state index >= 15 is 0 Å². The molecule has 0 unspecified atom stereocenters. The van der Waals surface area contributed by atoms with Crippen LogP contribution in [-0.2, 0) is 28.6 Å². The van der Waals surface area contributed by atoms with E-state index in [4.69, 9.17) is 14.2 Å². The molecule has 65 heavy (non-hydrogen) atoms. The van der Waals surface area contributed by atoms with Crippen LogP contribution < -0.4 is 0 Å². The molecule has 0 radical (unpaired) electrons. The normalized spacial score (nSPS) is 13.0. The average Bonchev–Trinajstić information content (AvgIpc) is 3.30. The number of hydrogen-bond acceptors (Lipinski definition) is 6. The van der Waals surface area contributed by atoms with Crippen LogP contribution in [0.3, 0.4) is 0 Å². The van der Waals surface area contributed by atoms with E-state index in [2.05, 4.69) is 130 Å². The molecule has 0 fully saturated rings. The summed E-state index contributed by atoms with van der Waals surface area (Å²) in [5, 5.41) is 0.